The number of hydrogen-bond acceptors (Lipinski definition) is 6. The van der Waals surface area contributed by atoms with E-state index in [4.69, 9.17) is 21.1 Å². The van der Waals surface area contributed by atoms with Crippen LogP contribution in [0.5, 0.6) is 5.75 Å². The molecule has 0 saturated heterocycles. The summed E-state index contributed by atoms with van der Waals surface area (Å²) in [6, 6.07) is 11.0. The third-order valence-electron chi connectivity index (χ3n) is 3.75. The van der Waals surface area contributed by atoms with Crippen molar-refractivity contribution < 1.29 is 27.5 Å². The maximum atomic E-state index is 12.1. The molecule has 0 heterocycles. The van der Waals surface area contributed by atoms with E-state index in [0.29, 0.717) is 16.5 Å². The predicted octanol–water partition coefficient (Wildman–Crippen LogP) is 2.51. The first-order chi connectivity index (χ1) is 13.7. The van der Waals surface area contributed by atoms with Gasteiger partial charge in [-0.1, -0.05) is 29.3 Å². The second-order valence-corrected chi connectivity index (χ2v) is 8.22. The van der Waals surface area contributed by atoms with Crippen LogP contribution in [0, 0.1) is 6.92 Å². The molecule has 2 aromatic rings. The van der Waals surface area contributed by atoms with E-state index in [9.17, 15) is 18.0 Å². The lowest BCUT2D eigenvalue weighted by atomic mass is 10.2. The van der Waals surface area contributed by atoms with Crippen LogP contribution in [-0.4, -0.2) is 40.6 Å². The molecule has 10 heteroatoms. The highest BCUT2D eigenvalue weighted by molar-refractivity contribution is 7.89. The van der Waals surface area contributed by atoms with E-state index >= 15 is 0 Å². The molecule has 0 unspecified atom stereocenters. The number of esters is 1. The summed E-state index contributed by atoms with van der Waals surface area (Å²) >= 11 is 5.88. The number of methoxy groups -OCH3 is 1. The van der Waals surface area contributed by atoms with Crippen LogP contribution in [0.4, 0.5) is 5.69 Å². The molecule has 2 rings (SSSR count). The molecule has 0 fully saturated rings. The fourth-order valence-electron chi connectivity index (χ4n) is 2.27. The molecule has 0 atom stereocenters. The normalized spacial score (nSPS) is 11.0. The quantitative estimate of drug-likeness (QED) is 0.579. The Hall–Kier alpha value is -2.62. The van der Waals surface area contributed by atoms with Gasteiger partial charge in [-0.25, -0.2) is 13.1 Å². The van der Waals surface area contributed by atoms with Gasteiger partial charge >= 0.3 is 5.97 Å². The van der Waals surface area contributed by atoms with Gasteiger partial charge in [0.05, 0.1) is 24.1 Å². The van der Waals surface area contributed by atoms with Crippen LogP contribution in [0.3, 0.4) is 0 Å². The highest BCUT2D eigenvalue weighted by atomic mass is 35.5. The molecule has 156 valence electrons. The van der Waals surface area contributed by atoms with Crippen molar-refractivity contribution in [2.24, 2.45) is 0 Å². The summed E-state index contributed by atoms with van der Waals surface area (Å²) in [5.41, 5.74) is 1.27. The Morgan fingerprint density at radius 2 is 1.79 bits per heavy atom. The summed E-state index contributed by atoms with van der Waals surface area (Å²) < 4.78 is 36.5. The molecule has 0 spiro atoms. The first kappa shape index (κ1) is 22.7. The fourth-order valence-corrected chi connectivity index (χ4v) is 3.47. The number of carbonyl (C=O) groups excluding carboxylic acids is 2. The Bertz CT molecular complexity index is 977. The Balaban J connectivity index is 1.77. The van der Waals surface area contributed by atoms with Crippen molar-refractivity contribution in [2.45, 2.75) is 18.2 Å². The number of nitrogens with one attached hydrogen (secondary N) is 2. The summed E-state index contributed by atoms with van der Waals surface area (Å²) in [5, 5.41) is 2.93. The van der Waals surface area contributed by atoms with Gasteiger partial charge in [-0.15, -0.1) is 0 Å². The molecule has 0 aliphatic carbocycles. The largest absolute Gasteiger partial charge is 0.495 e. The zero-order valence-electron chi connectivity index (χ0n) is 15.9. The van der Waals surface area contributed by atoms with Crippen LogP contribution in [0.15, 0.2) is 47.4 Å². The van der Waals surface area contributed by atoms with E-state index in [1.165, 1.54) is 25.3 Å². The van der Waals surface area contributed by atoms with Crippen molar-refractivity contribution in [3.63, 3.8) is 0 Å². The monoisotopic (exact) mass is 440 g/mol. The topological polar surface area (TPSA) is 111 Å². The average Bonchev–Trinajstić information content (AvgIpc) is 2.67. The van der Waals surface area contributed by atoms with Gasteiger partial charge in [0.25, 0.3) is 5.91 Å². The van der Waals surface area contributed by atoms with Gasteiger partial charge in [-0.2, -0.15) is 0 Å². The number of hydrogen-bond donors (Lipinski definition) is 2. The van der Waals surface area contributed by atoms with Crippen molar-refractivity contribution in [3.05, 3.63) is 53.1 Å². The first-order valence-corrected chi connectivity index (χ1v) is 10.4. The molecule has 0 saturated carbocycles. The number of amides is 1. The van der Waals surface area contributed by atoms with Crippen molar-refractivity contribution in [1.82, 2.24) is 4.72 Å². The fraction of sp³-hybridized carbons (Fsp3) is 0.263. The van der Waals surface area contributed by atoms with Crippen LogP contribution in [0.1, 0.15) is 12.0 Å². The van der Waals surface area contributed by atoms with Gasteiger partial charge in [-0.3, -0.25) is 9.59 Å². The predicted molar refractivity (Wildman–Crippen MR) is 109 cm³/mol. The molecular weight excluding hydrogens is 420 g/mol. The number of ether oxygens (including phenoxy) is 2. The van der Waals surface area contributed by atoms with Crippen LogP contribution in [0.25, 0.3) is 0 Å². The van der Waals surface area contributed by atoms with Crippen molar-refractivity contribution in [2.75, 3.05) is 25.6 Å². The molecule has 2 aromatic carbocycles. The van der Waals surface area contributed by atoms with Crippen LogP contribution < -0.4 is 14.8 Å². The minimum absolute atomic E-state index is 0.103. The minimum Gasteiger partial charge on any atom is -0.495 e. The summed E-state index contributed by atoms with van der Waals surface area (Å²) in [6.07, 6.45) is -0.223. The maximum Gasteiger partial charge on any atom is 0.307 e. The first-order valence-electron chi connectivity index (χ1n) is 8.56. The summed E-state index contributed by atoms with van der Waals surface area (Å²) in [7, 11) is -2.28. The number of benzene rings is 2. The molecule has 0 bridgehead atoms. The van der Waals surface area contributed by atoms with E-state index in [-0.39, 0.29) is 17.9 Å². The highest BCUT2D eigenvalue weighted by Crippen LogP contribution is 2.27. The lowest BCUT2D eigenvalue weighted by Crippen LogP contribution is -2.28. The van der Waals surface area contributed by atoms with Gasteiger partial charge in [0.2, 0.25) is 10.0 Å². The number of aryl methyl sites for hydroxylation is 1. The number of sulfonamides is 1. The molecule has 29 heavy (non-hydrogen) atoms. The van der Waals surface area contributed by atoms with Crippen LogP contribution in [-0.2, 0) is 24.3 Å². The Morgan fingerprint density at radius 3 is 2.45 bits per heavy atom. The zero-order chi connectivity index (χ0) is 21.4. The number of rotatable bonds is 9. The van der Waals surface area contributed by atoms with E-state index in [0.717, 1.165) is 5.56 Å². The van der Waals surface area contributed by atoms with Crippen LogP contribution in [0.2, 0.25) is 5.02 Å². The molecule has 2 N–H and O–H groups in total. The van der Waals surface area contributed by atoms with E-state index < -0.39 is 28.5 Å². The minimum atomic E-state index is -3.72. The molecule has 1 amide bonds. The molecule has 0 radical (unpaired) electrons. The lowest BCUT2D eigenvalue weighted by Gasteiger charge is -2.11. The van der Waals surface area contributed by atoms with Crippen molar-refractivity contribution in [3.8, 4) is 5.75 Å². The molecule has 0 aliphatic heterocycles. The van der Waals surface area contributed by atoms with E-state index in [2.05, 4.69) is 10.0 Å². The number of anilines is 1. The molecule has 0 aliphatic rings. The highest BCUT2D eigenvalue weighted by Gasteiger charge is 2.15. The Kier molecular flexibility index (Phi) is 8.00. The van der Waals surface area contributed by atoms with Gasteiger partial charge in [0.1, 0.15) is 5.75 Å². The van der Waals surface area contributed by atoms with E-state index in [1.54, 1.807) is 24.3 Å². The molecule has 8 nitrogen and oxygen atoms in total. The lowest BCUT2D eigenvalue weighted by molar-refractivity contribution is -0.147. The van der Waals surface area contributed by atoms with Gasteiger partial charge < -0.3 is 14.8 Å². The summed E-state index contributed by atoms with van der Waals surface area (Å²) in [6.45, 7) is 1.16. The van der Waals surface area contributed by atoms with Crippen LogP contribution >= 0.6 is 11.6 Å². The van der Waals surface area contributed by atoms with E-state index in [1.807, 2.05) is 6.92 Å². The van der Waals surface area contributed by atoms with Crippen molar-refractivity contribution >= 4 is 39.2 Å². The smallest absolute Gasteiger partial charge is 0.307 e. The summed E-state index contributed by atoms with van der Waals surface area (Å²) in [4.78, 5) is 23.8. The van der Waals surface area contributed by atoms with Gasteiger partial charge in [-0.05, 0) is 37.3 Å². The second kappa shape index (κ2) is 10.2. The standard InChI is InChI=1S/C19H21ClN2O6S/c1-13-3-6-15(7-4-13)29(25,26)21-10-9-19(24)28-12-18(23)22-16-11-14(20)5-8-17(16)27-2/h3-8,11,21H,9-10,12H2,1-2H3,(H,22,23). The van der Waals surface area contributed by atoms with Crippen molar-refractivity contribution in [1.29, 1.82) is 0 Å². The third-order valence-corrected chi connectivity index (χ3v) is 5.46. The van der Waals surface area contributed by atoms with Gasteiger partial charge in [0, 0.05) is 11.6 Å². The average molecular weight is 441 g/mol. The molecular formula is C19H21ClN2O6S. The zero-order valence-corrected chi connectivity index (χ0v) is 17.5. The Labute approximate surface area is 174 Å². The maximum absolute atomic E-state index is 12.1. The Morgan fingerprint density at radius 1 is 1.10 bits per heavy atom. The number of halogens is 1. The second-order valence-electron chi connectivity index (χ2n) is 6.01. The van der Waals surface area contributed by atoms with Gasteiger partial charge in [0.15, 0.2) is 6.61 Å². The third kappa shape index (κ3) is 7.04. The SMILES string of the molecule is COc1ccc(Cl)cc1NC(=O)COC(=O)CCNS(=O)(=O)c1ccc(C)cc1. The summed E-state index contributed by atoms with van der Waals surface area (Å²) in [5.74, 6) is -0.899. The molecule has 0 aromatic heterocycles. The number of carbonyl (C=O) groups is 2.